The van der Waals surface area contributed by atoms with Crippen molar-refractivity contribution in [3.63, 3.8) is 0 Å². The molecule has 1 aromatic heterocycles. The van der Waals surface area contributed by atoms with E-state index in [0.29, 0.717) is 17.9 Å². The van der Waals surface area contributed by atoms with Crippen LogP contribution < -0.4 is 10.6 Å². The number of hydrogen-bond acceptors (Lipinski definition) is 5. The maximum atomic E-state index is 12.4. The molecular weight excluding hydrogens is 366 g/mol. The van der Waals surface area contributed by atoms with Gasteiger partial charge in [-0.2, -0.15) is 0 Å². The molecule has 0 unspecified atom stereocenters. The fourth-order valence-electron chi connectivity index (χ4n) is 2.69. The Morgan fingerprint density at radius 1 is 0.862 bits per heavy atom. The monoisotopic (exact) mass is 389 g/mol. The number of carbonyl (C=O) groups is 2. The average molecular weight is 389 g/mol. The molecule has 6 nitrogen and oxygen atoms in total. The molecule has 29 heavy (non-hydrogen) atoms. The average Bonchev–Trinajstić information content (AvgIpc) is 2.75. The van der Waals surface area contributed by atoms with Gasteiger partial charge in [0.25, 0.3) is 5.91 Å². The second-order valence-corrected chi connectivity index (χ2v) is 6.36. The molecule has 0 fully saturated rings. The number of benzene rings is 2. The van der Waals surface area contributed by atoms with E-state index in [2.05, 4.69) is 22.5 Å². The number of carbonyl (C=O) groups excluding carboxylic acids is 2. The van der Waals surface area contributed by atoms with Gasteiger partial charge >= 0.3 is 5.97 Å². The number of rotatable bonds is 7. The summed E-state index contributed by atoms with van der Waals surface area (Å²) in [5, 5.41) is 6.02. The SMILES string of the molecule is CCOC(=O)c1ccc(Nc2ccc(C(=O)Nc3ccc(CC)cc3)nc2)cc1. The highest BCUT2D eigenvalue weighted by molar-refractivity contribution is 6.03. The number of ether oxygens (including phenoxy) is 1. The number of amides is 1. The van der Waals surface area contributed by atoms with Crippen LogP contribution in [-0.2, 0) is 11.2 Å². The van der Waals surface area contributed by atoms with Gasteiger partial charge in [0.2, 0.25) is 0 Å². The number of nitrogens with one attached hydrogen (secondary N) is 2. The lowest BCUT2D eigenvalue weighted by Gasteiger charge is -2.09. The van der Waals surface area contributed by atoms with Crippen molar-refractivity contribution >= 4 is 28.9 Å². The predicted octanol–water partition coefficient (Wildman–Crippen LogP) is 4.82. The van der Waals surface area contributed by atoms with Crippen LogP contribution >= 0.6 is 0 Å². The van der Waals surface area contributed by atoms with Gasteiger partial charge in [-0.1, -0.05) is 19.1 Å². The summed E-state index contributed by atoms with van der Waals surface area (Å²) in [5.41, 5.74) is 4.30. The van der Waals surface area contributed by atoms with Gasteiger partial charge in [-0.3, -0.25) is 4.79 Å². The summed E-state index contributed by atoms with van der Waals surface area (Å²) in [5.74, 6) is -0.611. The first kappa shape index (κ1) is 20.1. The normalized spacial score (nSPS) is 10.3. The molecule has 0 saturated heterocycles. The lowest BCUT2D eigenvalue weighted by Crippen LogP contribution is -2.13. The van der Waals surface area contributed by atoms with Crippen molar-refractivity contribution in [2.45, 2.75) is 20.3 Å². The quantitative estimate of drug-likeness (QED) is 0.567. The fraction of sp³-hybridized carbons (Fsp3) is 0.174. The zero-order valence-electron chi connectivity index (χ0n) is 16.4. The predicted molar refractivity (Wildman–Crippen MR) is 114 cm³/mol. The van der Waals surface area contributed by atoms with Crippen LogP contribution in [0.3, 0.4) is 0 Å². The van der Waals surface area contributed by atoms with Gasteiger partial charge in [0.1, 0.15) is 5.69 Å². The Morgan fingerprint density at radius 2 is 1.52 bits per heavy atom. The van der Waals surface area contributed by atoms with Gasteiger partial charge in [-0.15, -0.1) is 0 Å². The maximum absolute atomic E-state index is 12.4. The maximum Gasteiger partial charge on any atom is 0.338 e. The molecule has 0 aliphatic heterocycles. The molecule has 1 heterocycles. The summed E-state index contributed by atoms with van der Waals surface area (Å²) in [7, 11) is 0. The van der Waals surface area contributed by atoms with Crippen molar-refractivity contribution in [3.05, 3.63) is 83.7 Å². The molecule has 0 spiro atoms. The van der Waals surface area contributed by atoms with Gasteiger partial charge in [0.15, 0.2) is 0 Å². The van der Waals surface area contributed by atoms with Crippen LogP contribution in [0.2, 0.25) is 0 Å². The Kier molecular flexibility index (Phi) is 6.58. The van der Waals surface area contributed by atoms with E-state index < -0.39 is 0 Å². The van der Waals surface area contributed by atoms with Gasteiger partial charge in [-0.05, 0) is 67.4 Å². The zero-order valence-corrected chi connectivity index (χ0v) is 16.4. The molecule has 0 saturated carbocycles. The topological polar surface area (TPSA) is 80.3 Å². The van der Waals surface area contributed by atoms with Crippen LogP contribution in [0.25, 0.3) is 0 Å². The molecule has 148 valence electrons. The van der Waals surface area contributed by atoms with Crippen LogP contribution in [-0.4, -0.2) is 23.5 Å². The Balaban J connectivity index is 1.60. The highest BCUT2D eigenvalue weighted by atomic mass is 16.5. The Morgan fingerprint density at radius 3 is 2.10 bits per heavy atom. The summed E-state index contributed by atoms with van der Waals surface area (Å²) in [6.45, 7) is 4.20. The first-order valence-electron chi connectivity index (χ1n) is 9.49. The molecular formula is C23H23N3O3. The minimum absolute atomic E-state index is 0.264. The number of nitrogens with zero attached hydrogens (tertiary/aromatic N) is 1. The largest absolute Gasteiger partial charge is 0.462 e. The molecule has 0 bridgehead atoms. The van der Waals surface area contributed by atoms with Crippen molar-refractivity contribution in [1.82, 2.24) is 4.98 Å². The smallest absolute Gasteiger partial charge is 0.338 e. The van der Waals surface area contributed by atoms with Gasteiger partial charge in [0.05, 0.1) is 24.1 Å². The van der Waals surface area contributed by atoms with Crippen LogP contribution in [0.15, 0.2) is 66.9 Å². The Labute approximate surface area is 169 Å². The Hall–Kier alpha value is -3.67. The first-order chi connectivity index (χ1) is 14.1. The standard InChI is InChI=1S/C23H23N3O3/c1-3-16-5-9-19(10-6-16)26-22(27)21-14-13-20(15-24-21)25-18-11-7-17(8-12-18)23(28)29-4-2/h5-15,25H,3-4H2,1-2H3,(H,26,27). The second kappa shape index (κ2) is 9.50. The third-order valence-electron chi connectivity index (χ3n) is 4.30. The molecule has 0 aliphatic rings. The number of pyridine rings is 1. The lowest BCUT2D eigenvalue weighted by atomic mass is 10.1. The number of aromatic nitrogens is 1. The summed E-state index contributed by atoms with van der Waals surface area (Å²) in [6, 6.07) is 18.1. The molecule has 0 aliphatic carbocycles. The number of anilines is 3. The lowest BCUT2D eigenvalue weighted by molar-refractivity contribution is 0.0526. The Bertz CT molecular complexity index is 966. The minimum atomic E-state index is -0.347. The van der Waals surface area contributed by atoms with Crippen molar-refractivity contribution in [2.24, 2.45) is 0 Å². The first-order valence-corrected chi connectivity index (χ1v) is 9.49. The van der Waals surface area contributed by atoms with E-state index >= 15 is 0 Å². The summed E-state index contributed by atoms with van der Waals surface area (Å²) in [6.07, 6.45) is 2.55. The number of hydrogen-bond donors (Lipinski definition) is 2. The molecule has 1 amide bonds. The van der Waals surface area contributed by atoms with E-state index in [-0.39, 0.29) is 11.9 Å². The van der Waals surface area contributed by atoms with Gasteiger partial charge in [-0.25, -0.2) is 9.78 Å². The molecule has 3 rings (SSSR count). The number of aryl methyl sites for hydroxylation is 1. The van der Waals surface area contributed by atoms with Gasteiger partial charge in [0, 0.05) is 11.4 Å². The highest BCUT2D eigenvalue weighted by Crippen LogP contribution is 2.18. The highest BCUT2D eigenvalue weighted by Gasteiger charge is 2.09. The second-order valence-electron chi connectivity index (χ2n) is 6.36. The van der Waals surface area contributed by atoms with Crippen molar-refractivity contribution in [1.29, 1.82) is 0 Å². The van der Waals surface area contributed by atoms with E-state index in [9.17, 15) is 9.59 Å². The van der Waals surface area contributed by atoms with Crippen LogP contribution in [0.5, 0.6) is 0 Å². The summed E-state index contributed by atoms with van der Waals surface area (Å²) >= 11 is 0. The molecule has 2 aromatic carbocycles. The van der Waals surface area contributed by atoms with E-state index in [1.165, 1.54) is 5.56 Å². The van der Waals surface area contributed by atoms with E-state index in [0.717, 1.165) is 23.5 Å². The van der Waals surface area contributed by atoms with Crippen molar-refractivity contribution < 1.29 is 14.3 Å². The van der Waals surface area contributed by atoms with Crippen LogP contribution in [0.4, 0.5) is 17.1 Å². The van der Waals surface area contributed by atoms with E-state index in [4.69, 9.17) is 4.74 Å². The van der Waals surface area contributed by atoms with Crippen LogP contribution in [0, 0.1) is 0 Å². The third-order valence-corrected chi connectivity index (χ3v) is 4.30. The minimum Gasteiger partial charge on any atom is -0.462 e. The van der Waals surface area contributed by atoms with E-state index in [1.54, 1.807) is 49.5 Å². The molecule has 0 radical (unpaired) electrons. The number of esters is 1. The van der Waals surface area contributed by atoms with E-state index in [1.807, 2.05) is 24.3 Å². The molecule has 3 aromatic rings. The third kappa shape index (κ3) is 5.42. The summed E-state index contributed by atoms with van der Waals surface area (Å²) < 4.78 is 4.97. The van der Waals surface area contributed by atoms with Crippen molar-refractivity contribution in [3.8, 4) is 0 Å². The zero-order chi connectivity index (χ0) is 20.6. The summed E-state index contributed by atoms with van der Waals surface area (Å²) in [4.78, 5) is 28.3. The van der Waals surface area contributed by atoms with Gasteiger partial charge < -0.3 is 15.4 Å². The molecule has 0 atom stereocenters. The van der Waals surface area contributed by atoms with Crippen LogP contribution in [0.1, 0.15) is 40.3 Å². The molecule has 6 heteroatoms. The fourth-order valence-corrected chi connectivity index (χ4v) is 2.69. The van der Waals surface area contributed by atoms with Crippen molar-refractivity contribution in [2.75, 3.05) is 17.2 Å². The molecule has 2 N–H and O–H groups in total.